The van der Waals surface area contributed by atoms with Crippen molar-refractivity contribution in [1.82, 2.24) is 39.6 Å². The number of aromatic amines is 2. The molecule has 6 heterocycles. The lowest BCUT2D eigenvalue weighted by atomic mass is 9.91. The van der Waals surface area contributed by atoms with Gasteiger partial charge in [-0.2, -0.15) is 0 Å². The Labute approximate surface area is 347 Å². The van der Waals surface area contributed by atoms with Gasteiger partial charge in [-0.3, -0.25) is 14.4 Å². The summed E-state index contributed by atoms with van der Waals surface area (Å²) in [6, 6.07) is 9.93. The summed E-state index contributed by atoms with van der Waals surface area (Å²) in [5, 5.41) is 3.12. The zero-order chi connectivity index (χ0) is 42.4. The minimum absolute atomic E-state index is 0.0260. The SMILES string of the molecule is COC(=O)CC(C(=O)N1CCC[C@H]1c1ncc(-c2ccc3c(c2)c(F)c2n3COc3cc(-c4cnc([C@@H]5CCCN5C(=O)[C@@H](NC(=O)OC)C(C)C)[nH]4)ccc3-2)[nH]1)C(C)C. The van der Waals surface area contributed by atoms with Gasteiger partial charge in [0, 0.05) is 35.2 Å². The summed E-state index contributed by atoms with van der Waals surface area (Å²) in [6.45, 7) is 8.86. The summed E-state index contributed by atoms with van der Waals surface area (Å²) in [5.74, 6) is 0.107. The van der Waals surface area contributed by atoms with Crippen LogP contribution in [-0.4, -0.2) is 91.5 Å². The first-order chi connectivity index (χ1) is 28.9. The molecule has 3 aliphatic rings. The number of likely N-dealkylation sites (tertiary alicyclic amines) is 2. The van der Waals surface area contributed by atoms with E-state index in [9.17, 15) is 19.2 Å². The third-order valence-electron chi connectivity index (χ3n) is 12.2. The largest absolute Gasteiger partial charge is 0.472 e. The van der Waals surface area contributed by atoms with Crippen molar-refractivity contribution in [2.45, 2.75) is 84.7 Å². The van der Waals surface area contributed by atoms with E-state index in [-0.39, 0.29) is 54.7 Å². The number of hydrogen-bond donors (Lipinski definition) is 3. The van der Waals surface area contributed by atoms with E-state index in [1.807, 2.05) is 73.6 Å². The minimum Gasteiger partial charge on any atom is -0.472 e. The number of carbonyl (C=O) groups excluding carboxylic acids is 4. The number of amides is 3. The number of alkyl carbamates (subject to hydrolysis) is 1. The van der Waals surface area contributed by atoms with Crippen molar-refractivity contribution in [2.75, 3.05) is 27.3 Å². The number of benzene rings is 2. The lowest BCUT2D eigenvalue weighted by molar-refractivity contribution is -0.148. The number of nitrogens with one attached hydrogen (secondary N) is 3. The van der Waals surface area contributed by atoms with Crippen molar-refractivity contribution in [3.8, 4) is 39.5 Å². The number of methoxy groups -OCH3 is 2. The fourth-order valence-corrected chi connectivity index (χ4v) is 8.92. The second-order valence-corrected chi connectivity index (χ2v) is 16.5. The number of nitrogens with zero attached hydrogens (tertiary/aromatic N) is 5. The monoisotopic (exact) mass is 822 g/mol. The molecular weight excluding hydrogens is 772 g/mol. The molecule has 2 saturated heterocycles. The van der Waals surface area contributed by atoms with Gasteiger partial charge in [0.15, 0.2) is 12.5 Å². The summed E-state index contributed by atoms with van der Waals surface area (Å²) in [4.78, 5) is 71.2. The summed E-state index contributed by atoms with van der Waals surface area (Å²) >= 11 is 0. The van der Waals surface area contributed by atoms with Crippen LogP contribution >= 0.6 is 0 Å². The third-order valence-corrected chi connectivity index (χ3v) is 12.2. The number of hydrogen-bond acceptors (Lipinski definition) is 9. The maximum atomic E-state index is 16.6. The molecule has 0 aliphatic carbocycles. The zero-order valence-corrected chi connectivity index (χ0v) is 34.7. The highest BCUT2D eigenvalue weighted by atomic mass is 19.1. The standard InChI is InChI=1S/C44H51FN8O7/c1-23(2)28(19-36(54)58-5)42(55)51-15-7-9-33(51)40-46-20-30(48-40)25-12-14-32-29(17-25)37(45)39-27-13-11-26(18-35(27)60-22-53(32)39)31-21-47-41(49-31)34-10-8-16-52(34)43(56)38(24(3)4)50-44(57)59-6/h11-14,17-18,20-21,23-24,28,33-34,38H,7-10,15-16,19,22H2,1-6H3,(H,46,48)(H,47,49)(H,50,57)/t28?,33-,34-,38-/m0/s1. The lowest BCUT2D eigenvalue weighted by Gasteiger charge is -2.30. The highest BCUT2D eigenvalue weighted by molar-refractivity contribution is 5.93. The summed E-state index contributed by atoms with van der Waals surface area (Å²) < 4.78 is 34.3. The van der Waals surface area contributed by atoms with Gasteiger partial charge < -0.3 is 43.9 Å². The minimum atomic E-state index is -0.734. The summed E-state index contributed by atoms with van der Waals surface area (Å²) in [7, 11) is 2.60. The van der Waals surface area contributed by atoms with Crippen LogP contribution in [0.1, 0.15) is 83.5 Å². The van der Waals surface area contributed by atoms with Gasteiger partial charge in [-0.15, -0.1) is 0 Å². The van der Waals surface area contributed by atoms with Gasteiger partial charge in [-0.05, 0) is 61.8 Å². The van der Waals surface area contributed by atoms with Gasteiger partial charge in [-0.25, -0.2) is 19.2 Å². The molecule has 4 atom stereocenters. The number of fused-ring (bicyclic) bond motifs is 5. The van der Waals surface area contributed by atoms with Crippen molar-refractivity contribution in [2.24, 2.45) is 17.8 Å². The van der Waals surface area contributed by atoms with Crippen LogP contribution in [0.25, 0.3) is 44.7 Å². The fourth-order valence-electron chi connectivity index (χ4n) is 8.92. The number of esters is 1. The van der Waals surface area contributed by atoms with E-state index < -0.39 is 24.0 Å². The average Bonchev–Trinajstić information content (AvgIpc) is 4.11. The number of aromatic nitrogens is 5. The van der Waals surface area contributed by atoms with Crippen molar-refractivity contribution < 1.29 is 37.8 Å². The quantitative estimate of drug-likeness (QED) is 0.117. The molecule has 0 radical (unpaired) electrons. The van der Waals surface area contributed by atoms with Crippen LogP contribution in [0.3, 0.4) is 0 Å². The van der Waals surface area contributed by atoms with Crippen LogP contribution in [-0.2, 0) is 30.6 Å². The van der Waals surface area contributed by atoms with Crippen LogP contribution < -0.4 is 10.1 Å². The number of imidazole rings is 2. The molecule has 316 valence electrons. The Hall–Kier alpha value is -6.19. The Balaban J connectivity index is 1.01. The average molecular weight is 823 g/mol. The van der Waals surface area contributed by atoms with Crippen molar-refractivity contribution >= 4 is 34.8 Å². The number of carbonyl (C=O) groups is 4. The molecule has 3 aliphatic heterocycles. The Bertz CT molecular complexity index is 2450. The van der Waals surface area contributed by atoms with Gasteiger partial charge >= 0.3 is 12.1 Å². The lowest BCUT2D eigenvalue weighted by Crippen LogP contribution is -2.51. The fraction of sp³-hybridized carbons (Fsp3) is 0.455. The molecule has 3 N–H and O–H groups in total. The van der Waals surface area contributed by atoms with Gasteiger partial charge in [-0.1, -0.05) is 39.8 Å². The Morgan fingerprint density at radius 2 is 1.47 bits per heavy atom. The molecule has 3 amide bonds. The Morgan fingerprint density at radius 3 is 2.07 bits per heavy atom. The highest BCUT2D eigenvalue weighted by Gasteiger charge is 2.39. The molecule has 0 saturated carbocycles. The number of ether oxygens (including phenoxy) is 3. The number of H-pyrrole nitrogens is 2. The molecule has 15 nitrogen and oxygen atoms in total. The summed E-state index contributed by atoms with van der Waals surface area (Å²) in [6.07, 6.45) is 5.89. The van der Waals surface area contributed by atoms with E-state index in [2.05, 4.69) is 25.3 Å². The molecular formula is C44H51FN8O7. The highest BCUT2D eigenvalue weighted by Crippen LogP contribution is 2.44. The Morgan fingerprint density at radius 1 is 0.850 bits per heavy atom. The van der Waals surface area contributed by atoms with E-state index in [0.717, 1.165) is 42.5 Å². The molecule has 3 aromatic heterocycles. The molecule has 16 heteroatoms. The predicted molar refractivity (Wildman–Crippen MR) is 220 cm³/mol. The van der Waals surface area contributed by atoms with Crippen molar-refractivity contribution in [3.63, 3.8) is 0 Å². The topological polar surface area (TPSA) is 177 Å². The van der Waals surface area contributed by atoms with Crippen LogP contribution in [0.2, 0.25) is 0 Å². The normalized spacial score (nSPS) is 18.4. The Kier molecular flexibility index (Phi) is 11.1. The molecule has 2 aromatic carbocycles. The molecule has 5 aromatic rings. The van der Waals surface area contributed by atoms with Crippen molar-refractivity contribution in [3.05, 3.63) is 66.3 Å². The van der Waals surface area contributed by atoms with E-state index >= 15 is 4.39 Å². The second-order valence-electron chi connectivity index (χ2n) is 16.5. The van der Waals surface area contributed by atoms with E-state index in [4.69, 9.17) is 14.2 Å². The van der Waals surface area contributed by atoms with Gasteiger partial charge in [0.05, 0.1) is 73.6 Å². The van der Waals surface area contributed by atoms with E-state index in [0.29, 0.717) is 58.3 Å². The van der Waals surface area contributed by atoms with Crippen molar-refractivity contribution in [1.29, 1.82) is 0 Å². The zero-order valence-electron chi connectivity index (χ0n) is 34.7. The van der Waals surface area contributed by atoms with Crippen LogP contribution in [0, 0.1) is 23.6 Å². The molecule has 0 bridgehead atoms. The van der Waals surface area contributed by atoms with Crippen LogP contribution in [0.4, 0.5) is 9.18 Å². The second kappa shape index (κ2) is 16.5. The van der Waals surface area contributed by atoms with E-state index in [1.54, 1.807) is 17.3 Å². The van der Waals surface area contributed by atoms with Crippen LogP contribution in [0.15, 0.2) is 48.8 Å². The van der Waals surface area contributed by atoms with Gasteiger partial charge in [0.2, 0.25) is 11.8 Å². The molecule has 2 fully saturated rings. The smallest absolute Gasteiger partial charge is 0.407 e. The predicted octanol–water partition coefficient (Wildman–Crippen LogP) is 7.12. The first-order valence-electron chi connectivity index (χ1n) is 20.6. The number of rotatable bonds is 11. The third kappa shape index (κ3) is 7.36. The van der Waals surface area contributed by atoms with E-state index in [1.165, 1.54) is 14.2 Å². The maximum Gasteiger partial charge on any atom is 0.407 e. The molecule has 60 heavy (non-hydrogen) atoms. The van der Waals surface area contributed by atoms with Gasteiger partial charge in [0.1, 0.15) is 23.4 Å². The molecule has 1 unspecified atom stereocenters. The van der Waals surface area contributed by atoms with Gasteiger partial charge in [0.25, 0.3) is 0 Å². The maximum absolute atomic E-state index is 16.6. The number of halogens is 1. The molecule has 0 spiro atoms. The first kappa shape index (κ1) is 40.6. The summed E-state index contributed by atoms with van der Waals surface area (Å²) in [5.41, 5.74) is 4.71. The van der Waals surface area contributed by atoms with Crippen LogP contribution in [0.5, 0.6) is 5.75 Å². The molecule has 8 rings (SSSR count). The first-order valence-corrected chi connectivity index (χ1v) is 20.6.